The Bertz CT molecular complexity index is 887. The summed E-state index contributed by atoms with van der Waals surface area (Å²) in [5.74, 6) is -0.687. The zero-order valence-electron chi connectivity index (χ0n) is 15.5. The Kier molecular flexibility index (Phi) is 6.42. The van der Waals surface area contributed by atoms with Crippen molar-refractivity contribution in [1.29, 1.82) is 10.7 Å². The topological polar surface area (TPSA) is 181 Å². The first-order chi connectivity index (χ1) is 13.1. The van der Waals surface area contributed by atoms with Gasteiger partial charge in [-0.1, -0.05) is 0 Å². The second-order valence-electron chi connectivity index (χ2n) is 6.59. The predicted molar refractivity (Wildman–Crippen MR) is 101 cm³/mol. The minimum atomic E-state index is -4.17. The van der Waals surface area contributed by atoms with Crippen LogP contribution in [0.5, 0.6) is 0 Å². The van der Waals surface area contributed by atoms with E-state index in [9.17, 15) is 18.0 Å². The summed E-state index contributed by atoms with van der Waals surface area (Å²) in [7, 11) is -4.17. The smallest absolute Gasteiger partial charge is 0.336 e. The van der Waals surface area contributed by atoms with Gasteiger partial charge in [-0.15, -0.1) is 0 Å². The minimum absolute atomic E-state index is 0.0119. The predicted octanol–water partition coefficient (Wildman–Crippen LogP) is -0.786. The number of nitrogens with two attached hydrogens (primary N) is 1. The molecule has 152 valence electrons. The number of urea groups is 1. The SMILES string of the molecule is CC1NC=CC2=C1S(=O)(=O)N(CC(=O)N[C@H](C)C(N)CCC(=N)C#N)C(=O)N2. The maximum Gasteiger partial charge on any atom is 0.336 e. The van der Waals surface area contributed by atoms with Crippen molar-refractivity contribution >= 4 is 27.7 Å². The Balaban J connectivity index is 2.04. The molecular formula is C16H23N7O4S. The highest BCUT2D eigenvalue weighted by Crippen LogP contribution is 2.27. The number of carbonyl (C=O) groups excluding carboxylic acids is 2. The fourth-order valence-electron chi connectivity index (χ4n) is 2.85. The molecule has 0 aromatic rings. The summed E-state index contributed by atoms with van der Waals surface area (Å²) in [6, 6.07) is -0.839. The molecule has 2 heterocycles. The number of hydrogen-bond acceptors (Lipinski definition) is 8. The zero-order chi connectivity index (χ0) is 21.1. The Morgan fingerprint density at radius 2 is 2.21 bits per heavy atom. The van der Waals surface area contributed by atoms with Crippen LogP contribution in [0.1, 0.15) is 26.7 Å². The summed E-state index contributed by atoms with van der Waals surface area (Å²) in [6.07, 6.45) is 3.47. The molecule has 6 N–H and O–H groups in total. The number of hydrogen-bond donors (Lipinski definition) is 5. The summed E-state index contributed by atoms with van der Waals surface area (Å²) in [5.41, 5.74) is 6.00. The highest BCUT2D eigenvalue weighted by atomic mass is 32.2. The second kappa shape index (κ2) is 8.41. The van der Waals surface area contributed by atoms with Crippen LogP contribution >= 0.6 is 0 Å². The Morgan fingerprint density at radius 1 is 1.54 bits per heavy atom. The number of dihydropyridines is 1. The van der Waals surface area contributed by atoms with Crippen molar-refractivity contribution in [2.24, 2.45) is 5.73 Å². The van der Waals surface area contributed by atoms with Gasteiger partial charge in [0, 0.05) is 18.5 Å². The third kappa shape index (κ3) is 4.49. The van der Waals surface area contributed by atoms with Gasteiger partial charge in [0.05, 0.1) is 11.7 Å². The molecule has 0 aliphatic carbocycles. The van der Waals surface area contributed by atoms with Crippen molar-refractivity contribution in [3.8, 4) is 6.07 Å². The van der Waals surface area contributed by atoms with Crippen LogP contribution in [0, 0.1) is 16.7 Å². The van der Waals surface area contributed by atoms with E-state index in [1.54, 1.807) is 19.9 Å². The van der Waals surface area contributed by atoms with Crippen LogP contribution in [0.25, 0.3) is 0 Å². The Morgan fingerprint density at radius 3 is 2.86 bits per heavy atom. The summed E-state index contributed by atoms with van der Waals surface area (Å²) in [4.78, 5) is 24.5. The van der Waals surface area contributed by atoms with E-state index >= 15 is 0 Å². The minimum Gasteiger partial charge on any atom is -0.383 e. The molecule has 12 heteroatoms. The van der Waals surface area contributed by atoms with Gasteiger partial charge in [0.2, 0.25) is 5.91 Å². The molecule has 2 rings (SSSR count). The van der Waals surface area contributed by atoms with E-state index < -0.39 is 46.6 Å². The third-order valence-corrected chi connectivity index (χ3v) is 6.48. The van der Waals surface area contributed by atoms with Crippen molar-refractivity contribution < 1.29 is 18.0 Å². The summed E-state index contributed by atoms with van der Waals surface area (Å²) < 4.78 is 26.1. The molecule has 0 aromatic heterocycles. The van der Waals surface area contributed by atoms with Gasteiger partial charge in [-0.2, -0.15) is 5.26 Å². The van der Waals surface area contributed by atoms with Crippen LogP contribution in [0.4, 0.5) is 4.79 Å². The van der Waals surface area contributed by atoms with E-state index in [-0.39, 0.29) is 22.7 Å². The molecule has 0 fully saturated rings. The number of rotatable bonds is 7. The lowest BCUT2D eigenvalue weighted by Gasteiger charge is -2.34. The van der Waals surface area contributed by atoms with Crippen LogP contribution in [0.15, 0.2) is 22.9 Å². The summed E-state index contributed by atoms with van der Waals surface area (Å²) in [5, 5.41) is 23.8. The normalized spacial score (nSPS) is 22.3. The van der Waals surface area contributed by atoms with Crippen LogP contribution in [0.2, 0.25) is 0 Å². The molecule has 0 bridgehead atoms. The first kappa shape index (κ1) is 21.4. The second-order valence-corrected chi connectivity index (χ2v) is 8.42. The van der Waals surface area contributed by atoms with Gasteiger partial charge in [0.25, 0.3) is 10.0 Å². The molecule has 2 aliphatic rings. The van der Waals surface area contributed by atoms with E-state index in [1.807, 2.05) is 0 Å². The van der Waals surface area contributed by atoms with E-state index in [4.69, 9.17) is 16.4 Å². The van der Waals surface area contributed by atoms with Gasteiger partial charge in [-0.3, -0.25) is 10.2 Å². The lowest BCUT2D eigenvalue weighted by molar-refractivity contribution is -0.121. The maximum atomic E-state index is 12.8. The number of carbonyl (C=O) groups is 2. The Labute approximate surface area is 163 Å². The van der Waals surface area contributed by atoms with Crippen LogP contribution in [0.3, 0.4) is 0 Å². The van der Waals surface area contributed by atoms with Crippen LogP contribution < -0.4 is 21.7 Å². The van der Waals surface area contributed by atoms with E-state index in [2.05, 4.69) is 16.0 Å². The largest absolute Gasteiger partial charge is 0.383 e. The monoisotopic (exact) mass is 409 g/mol. The molecule has 2 unspecified atom stereocenters. The van der Waals surface area contributed by atoms with Crippen molar-refractivity contribution in [3.63, 3.8) is 0 Å². The zero-order valence-corrected chi connectivity index (χ0v) is 16.3. The first-order valence-corrected chi connectivity index (χ1v) is 10.0. The van der Waals surface area contributed by atoms with Crippen molar-refractivity contribution in [3.05, 3.63) is 22.9 Å². The molecule has 0 spiro atoms. The standard InChI is InChI=1S/C16H23N7O4S/c1-9(12(19)4-3-11(18)7-17)21-14(24)8-23-16(25)22-13-5-6-20-10(2)15(13)28(23,26)27/h5-6,9-10,12,18,20H,3-4,8,19H2,1-2H3,(H,21,24)(H,22,25)/t9-,10?,12?/m1/s1. The Hall–Kier alpha value is -2.91. The fraction of sp³-hybridized carbons (Fsp3) is 0.500. The number of allylic oxidation sites excluding steroid dienone is 1. The van der Waals surface area contributed by atoms with Crippen molar-refractivity contribution in [2.75, 3.05) is 6.54 Å². The molecule has 11 nitrogen and oxygen atoms in total. The highest BCUT2D eigenvalue weighted by molar-refractivity contribution is 7.93. The fourth-order valence-corrected chi connectivity index (χ4v) is 4.55. The number of nitrogens with zero attached hydrogens (tertiary/aromatic N) is 2. The third-order valence-electron chi connectivity index (χ3n) is 4.47. The lowest BCUT2D eigenvalue weighted by atomic mass is 10.0. The molecule has 0 saturated heterocycles. The molecule has 3 atom stereocenters. The molecule has 0 saturated carbocycles. The molecule has 0 aromatic carbocycles. The number of nitriles is 1. The van der Waals surface area contributed by atoms with Crippen LogP contribution in [-0.4, -0.2) is 55.0 Å². The lowest BCUT2D eigenvalue weighted by Crippen LogP contribution is -2.56. The van der Waals surface area contributed by atoms with Crippen molar-refractivity contribution in [1.82, 2.24) is 20.3 Å². The molecule has 3 amide bonds. The van der Waals surface area contributed by atoms with E-state index in [1.165, 1.54) is 12.3 Å². The first-order valence-electron chi connectivity index (χ1n) is 8.61. The molecule has 0 radical (unpaired) electrons. The van der Waals surface area contributed by atoms with Gasteiger partial charge in [-0.05, 0) is 32.5 Å². The quantitative estimate of drug-likeness (QED) is 0.342. The van der Waals surface area contributed by atoms with Crippen LogP contribution in [-0.2, 0) is 14.8 Å². The highest BCUT2D eigenvalue weighted by Gasteiger charge is 2.42. The van der Waals surface area contributed by atoms with Crippen molar-refractivity contribution in [2.45, 2.75) is 44.8 Å². The van der Waals surface area contributed by atoms with E-state index in [0.717, 1.165) is 0 Å². The van der Waals surface area contributed by atoms with Gasteiger partial charge < -0.3 is 21.7 Å². The van der Waals surface area contributed by atoms with Gasteiger partial charge in [0.15, 0.2) is 0 Å². The maximum absolute atomic E-state index is 12.8. The molecule has 2 aliphatic heterocycles. The number of sulfonamides is 1. The average Bonchev–Trinajstić information content (AvgIpc) is 2.62. The molecule has 28 heavy (non-hydrogen) atoms. The van der Waals surface area contributed by atoms with Gasteiger partial charge in [0.1, 0.15) is 23.2 Å². The van der Waals surface area contributed by atoms with E-state index in [0.29, 0.717) is 10.7 Å². The van der Waals surface area contributed by atoms with Gasteiger partial charge >= 0.3 is 6.03 Å². The van der Waals surface area contributed by atoms with Gasteiger partial charge in [-0.25, -0.2) is 17.5 Å². The average molecular weight is 409 g/mol. The number of nitrogens with one attached hydrogen (secondary N) is 4. The summed E-state index contributed by atoms with van der Waals surface area (Å²) in [6.45, 7) is 2.57. The molecular weight excluding hydrogens is 386 g/mol. The number of amides is 3. The summed E-state index contributed by atoms with van der Waals surface area (Å²) >= 11 is 0.